The molecule has 1 aromatic heterocycles. The molecule has 2 aromatic rings. The van der Waals surface area contributed by atoms with E-state index in [1.807, 2.05) is 48.5 Å². The summed E-state index contributed by atoms with van der Waals surface area (Å²) in [5.74, 6) is -0.500. The van der Waals surface area contributed by atoms with Crippen molar-refractivity contribution in [3.8, 4) is 0 Å². The second-order valence-electron chi connectivity index (χ2n) is 6.98. The predicted molar refractivity (Wildman–Crippen MR) is 104 cm³/mol. The minimum Gasteiger partial charge on any atom is -0.321 e. The Kier molecular flexibility index (Phi) is 5.61. The zero-order chi connectivity index (χ0) is 19.3. The quantitative estimate of drug-likeness (QED) is 0.579. The number of fused-ring (bicyclic) bond motifs is 1. The van der Waals surface area contributed by atoms with Crippen molar-refractivity contribution >= 4 is 11.9 Å². The van der Waals surface area contributed by atoms with Gasteiger partial charge >= 0.3 is 6.03 Å². The lowest BCUT2D eigenvalue weighted by molar-refractivity contribution is -0.137. The van der Waals surface area contributed by atoms with Crippen molar-refractivity contribution in [2.24, 2.45) is 5.92 Å². The highest BCUT2D eigenvalue weighted by atomic mass is 16.2. The Balaban J connectivity index is 1.31. The number of carbonyl (C=O) groups excluding carboxylic acids is 2. The van der Waals surface area contributed by atoms with Gasteiger partial charge in [-0.25, -0.2) is 4.79 Å². The van der Waals surface area contributed by atoms with Crippen molar-refractivity contribution in [3.63, 3.8) is 0 Å². The maximum atomic E-state index is 12.8. The highest BCUT2D eigenvalue weighted by Crippen LogP contribution is 2.18. The van der Waals surface area contributed by atoms with Crippen molar-refractivity contribution in [2.45, 2.75) is 25.4 Å². The van der Waals surface area contributed by atoms with Crippen molar-refractivity contribution in [3.05, 3.63) is 66.0 Å². The van der Waals surface area contributed by atoms with Crippen LogP contribution in [0.3, 0.4) is 0 Å². The van der Waals surface area contributed by atoms with Crippen LogP contribution in [0.5, 0.6) is 0 Å². The summed E-state index contributed by atoms with van der Waals surface area (Å²) < 4.78 is 0. The molecule has 28 heavy (non-hydrogen) atoms. The van der Waals surface area contributed by atoms with Crippen molar-refractivity contribution in [2.75, 3.05) is 13.1 Å². The highest BCUT2D eigenvalue weighted by Gasteiger charge is 2.43. The van der Waals surface area contributed by atoms with E-state index in [9.17, 15) is 9.59 Å². The fourth-order valence-corrected chi connectivity index (χ4v) is 3.54. The minimum atomic E-state index is -0.388. The summed E-state index contributed by atoms with van der Waals surface area (Å²) in [5.41, 5.74) is 1.94. The normalized spacial score (nSPS) is 24.6. The molecule has 4 rings (SSSR count). The van der Waals surface area contributed by atoms with E-state index in [0.29, 0.717) is 6.54 Å². The van der Waals surface area contributed by atoms with Gasteiger partial charge in [-0.3, -0.25) is 30.6 Å². The Labute approximate surface area is 163 Å². The van der Waals surface area contributed by atoms with E-state index in [1.54, 1.807) is 6.20 Å². The molecule has 8 nitrogen and oxygen atoms in total. The lowest BCUT2D eigenvalue weighted by Crippen LogP contribution is -2.74. The molecular weight excluding hydrogens is 356 g/mol. The summed E-state index contributed by atoms with van der Waals surface area (Å²) in [7, 11) is 0. The fraction of sp³-hybridized carbons (Fsp3) is 0.350. The molecule has 0 saturated carbocycles. The highest BCUT2D eigenvalue weighted by molar-refractivity contribution is 5.98. The van der Waals surface area contributed by atoms with Gasteiger partial charge in [0.25, 0.3) is 0 Å². The van der Waals surface area contributed by atoms with Gasteiger partial charge < -0.3 is 5.32 Å². The number of carbonyl (C=O) groups is 2. The van der Waals surface area contributed by atoms with Gasteiger partial charge in [-0.1, -0.05) is 36.4 Å². The molecule has 2 aliphatic rings. The summed E-state index contributed by atoms with van der Waals surface area (Å²) in [6.07, 6.45) is 2.01. The molecule has 3 heterocycles. The van der Waals surface area contributed by atoms with E-state index < -0.39 is 0 Å². The molecule has 2 aliphatic heterocycles. The number of aromatic nitrogens is 1. The average Bonchev–Trinajstić information content (AvgIpc) is 2.72. The molecule has 0 spiro atoms. The Bertz CT molecular complexity index is 816. The van der Waals surface area contributed by atoms with Crippen LogP contribution in [0.1, 0.15) is 11.3 Å². The van der Waals surface area contributed by atoms with Crippen LogP contribution in [0.15, 0.2) is 54.7 Å². The summed E-state index contributed by atoms with van der Waals surface area (Å²) in [6.45, 7) is 1.49. The number of rotatable bonds is 6. The monoisotopic (exact) mass is 380 g/mol. The molecule has 0 aliphatic carbocycles. The third-order valence-corrected chi connectivity index (χ3v) is 5.04. The zero-order valence-corrected chi connectivity index (χ0v) is 15.5. The number of benzene rings is 1. The van der Waals surface area contributed by atoms with Gasteiger partial charge in [-0.05, 0) is 17.7 Å². The van der Waals surface area contributed by atoms with Crippen molar-refractivity contribution in [1.29, 1.82) is 0 Å². The smallest absolute Gasteiger partial charge is 0.321 e. The van der Waals surface area contributed by atoms with Gasteiger partial charge in [0.15, 0.2) is 0 Å². The van der Waals surface area contributed by atoms with Crippen LogP contribution in [0.25, 0.3) is 0 Å². The first-order chi connectivity index (χ1) is 13.7. The van der Waals surface area contributed by atoms with Gasteiger partial charge in [0.05, 0.1) is 18.6 Å². The molecule has 4 N–H and O–H groups in total. The van der Waals surface area contributed by atoms with Crippen molar-refractivity contribution < 1.29 is 9.59 Å². The van der Waals surface area contributed by atoms with E-state index in [0.717, 1.165) is 24.2 Å². The molecule has 3 atom stereocenters. The number of imide groups is 1. The maximum absolute atomic E-state index is 12.8. The molecule has 146 valence electrons. The van der Waals surface area contributed by atoms with E-state index in [2.05, 4.69) is 26.3 Å². The molecule has 2 saturated heterocycles. The molecular formula is C20H24N6O2. The zero-order valence-electron chi connectivity index (χ0n) is 15.5. The third-order valence-electron chi connectivity index (χ3n) is 5.04. The van der Waals surface area contributed by atoms with Crippen molar-refractivity contribution in [1.82, 2.24) is 31.2 Å². The molecule has 0 bridgehead atoms. The first-order valence-corrected chi connectivity index (χ1v) is 9.49. The Morgan fingerprint density at radius 1 is 1.11 bits per heavy atom. The van der Waals surface area contributed by atoms with Crippen LogP contribution in [-0.2, 0) is 17.8 Å². The fourth-order valence-electron chi connectivity index (χ4n) is 3.54. The molecule has 2 fully saturated rings. The second kappa shape index (κ2) is 8.47. The first kappa shape index (κ1) is 18.5. The van der Waals surface area contributed by atoms with Gasteiger partial charge in [-0.15, -0.1) is 0 Å². The second-order valence-corrected chi connectivity index (χ2v) is 6.98. The number of hydrogen-bond donors (Lipinski definition) is 4. The van der Waals surface area contributed by atoms with Crippen LogP contribution < -0.4 is 21.3 Å². The topological polar surface area (TPSA) is 98.4 Å². The molecule has 3 amide bonds. The van der Waals surface area contributed by atoms with Crippen LogP contribution in [0.4, 0.5) is 4.79 Å². The molecule has 3 unspecified atom stereocenters. The van der Waals surface area contributed by atoms with Gasteiger partial charge in [0.1, 0.15) is 6.29 Å². The Hall–Kier alpha value is -2.81. The average molecular weight is 380 g/mol. The summed E-state index contributed by atoms with van der Waals surface area (Å²) in [6, 6.07) is 15.0. The maximum Gasteiger partial charge on any atom is 0.325 e. The standard InChI is InChI=1S/C20H24N6O2/c27-18-16-12-23-19(22-11-9-15-8-4-5-10-21-15)24-17(16)25-20(28)26(18)13-14-6-2-1-3-7-14/h1-8,10,16-17,19,22-24H,9,11-13H2,(H,25,28). The Morgan fingerprint density at radius 2 is 1.93 bits per heavy atom. The lowest BCUT2D eigenvalue weighted by atomic mass is 9.99. The number of urea groups is 1. The molecule has 8 heteroatoms. The number of amides is 3. The number of nitrogens with zero attached hydrogens (tertiary/aromatic N) is 2. The van der Waals surface area contributed by atoms with Crippen LogP contribution in [0.2, 0.25) is 0 Å². The van der Waals surface area contributed by atoms with Gasteiger partial charge in [0.2, 0.25) is 5.91 Å². The number of nitrogens with one attached hydrogen (secondary N) is 4. The minimum absolute atomic E-state index is 0.162. The van der Waals surface area contributed by atoms with E-state index in [4.69, 9.17) is 0 Å². The van der Waals surface area contributed by atoms with E-state index >= 15 is 0 Å². The third kappa shape index (κ3) is 4.19. The first-order valence-electron chi connectivity index (χ1n) is 9.49. The van der Waals surface area contributed by atoms with E-state index in [1.165, 1.54) is 4.90 Å². The number of pyridine rings is 1. The van der Waals surface area contributed by atoms with Crippen LogP contribution in [0, 0.1) is 5.92 Å². The van der Waals surface area contributed by atoms with Crippen LogP contribution >= 0.6 is 0 Å². The lowest BCUT2D eigenvalue weighted by Gasteiger charge is -2.43. The number of hydrogen-bond acceptors (Lipinski definition) is 6. The SMILES string of the molecule is O=C1NC2NC(NCCc3ccccn3)NCC2C(=O)N1Cc1ccccc1. The summed E-state index contributed by atoms with van der Waals surface area (Å²) in [5, 5.41) is 12.8. The molecule has 1 aromatic carbocycles. The Morgan fingerprint density at radius 3 is 2.71 bits per heavy atom. The molecule has 0 radical (unpaired) electrons. The predicted octanol–water partition coefficient (Wildman–Crippen LogP) is 0.384. The summed E-state index contributed by atoms with van der Waals surface area (Å²) in [4.78, 5) is 30.9. The van der Waals surface area contributed by atoms with Gasteiger partial charge in [0, 0.05) is 31.4 Å². The van der Waals surface area contributed by atoms with Crippen LogP contribution in [-0.4, -0.2) is 47.4 Å². The summed E-state index contributed by atoms with van der Waals surface area (Å²) >= 11 is 0. The largest absolute Gasteiger partial charge is 0.325 e. The van der Waals surface area contributed by atoms with Gasteiger partial charge in [-0.2, -0.15) is 0 Å². The van der Waals surface area contributed by atoms with E-state index in [-0.39, 0.29) is 36.9 Å².